The van der Waals surface area contributed by atoms with E-state index in [1.54, 1.807) is 4.90 Å². The monoisotopic (exact) mass is 450 g/mol. The van der Waals surface area contributed by atoms with Crippen molar-refractivity contribution >= 4 is 38.8 Å². The summed E-state index contributed by atoms with van der Waals surface area (Å²) in [7, 11) is -3.15. The van der Waals surface area contributed by atoms with Crippen molar-refractivity contribution in [3.05, 3.63) is 46.3 Å². The van der Waals surface area contributed by atoms with Crippen molar-refractivity contribution in [2.45, 2.75) is 30.2 Å². The van der Waals surface area contributed by atoms with Gasteiger partial charge in [0.2, 0.25) is 5.91 Å². The molecule has 5 nitrogen and oxygen atoms in total. The van der Waals surface area contributed by atoms with Gasteiger partial charge in [0, 0.05) is 17.1 Å². The van der Waals surface area contributed by atoms with Crippen molar-refractivity contribution in [3.63, 3.8) is 0 Å². The number of hydrogen-bond acceptors (Lipinski definition) is 6. The zero-order chi connectivity index (χ0) is 20.4. The van der Waals surface area contributed by atoms with E-state index in [1.807, 2.05) is 17.5 Å². The fraction of sp³-hybridized carbons (Fsp3) is 0.412. The zero-order valence-corrected chi connectivity index (χ0v) is 17.0. The Balaban J connectivity index is 1.67. The average molecular weight is 451 g/mol. The molecule has 1 atom stereocenters. The van der Waals surface area contributed by atoms with Gasteiger partial charge in [0.25, 0.3) is 0 Å². The Bertz CT molecular complexity index is 913. The maximum atomic E-state index is 12.8. The standard InChI is InChI=1S/C17H17F3N2O3S3/c18-17(19,20)12-3-4-15(21-8-12)27-10-16(23)22(9-14-2-1-6-26-14)13-5-7-28(24,25)11-13/h1-4,6,8,13H,5,7,9-11H2/t13-/m1/s1. The molecule has 28 heavy (non-hydrogen) atoms. The van der Waals surface area contributed by atoms with E-state index in [0.29, 0.717) is 18.0 Å². The second-order valence-corrected chi connectivity index (χ2v) is 10.6. The highest BCUT2D eigenvalue weighted by Gasteiger charge is 2.35. The van der Waals surface area contributed by atoms with E-state index in [1.165, 1.54) is 17.4 Å². The fourth-order valence-corrected chi connectivity index (χ4v) is 6.03. The van der Waals surface area contributed by atoms with E-state index < -0.39 is 21.6 Å². The van der Waals surface area contributed by atoms with Gasteiger partial charge in [-0.3, -0.25) is 4.79 Å². The SMILES string of the molecule is O=C(CSc1ccc(C(F)(F)F)cn1)N(Cc1cccs1)[C@@H]1CCS(=O)(=O)C1. The van der Waals surface area contributed by atoms with Gasteiger partial charge in [-0.25, -0.2) is 13.4 Å². The first-order valence-electron chi connectivity index (χ1n) is 8.32. The third-order valence-electron chi connectivity index (χ3n) is 4.28. The summed E-state index contributed by atoms with van der Waals surface area (Å²) in [5.74, 6) is -0.296. The molecule has 0 unspecified atom stereocenters. The van der Waals surface area contributed by atoms with Crippen molar-refractivity contribution in [1.29, 1.82) is 0 Å². The first-order chi connectivity index (χ1) is 13.1. The molecule has 0 saturated carbocycles. The Kier molecular flexibility index (Phi) is 6.35. The van der Waals surface area contributed by atoms with Gasteiger partial charge < -0.3 is 4.90 Å². The van der Waals surface area contributed by atoms with Crippen molar-refractivity contribution in [2.24, 2.45) is 0 Å². The first-order valence-corrected chi connectivity index (χ1v) is 12.0. The molecular formula is C17H17F3N2O3S3. The van der Waals surface area contributed by atoms with Crippen molar-refractivity contribution in [3.8, 4) is 0 Å². The Hall–Kier alpha value is -1.59. The molecule has 3 heterocycles. The molecule has 1 fully saturated rings. The van der Waals surface area contributed by atoms with Gasteiger partial charge in [0.05, 0.1) is 34.4 Å². The smallest absolute Gasteiger partial charge is 0.333 e. The molecule has 0 aromatic carbocycles. The minimum absolute atomic E-state index is 0.0275. The molecule has 2 aromatic heterocycles. The van der Waals surface area contributed by atoms with Gasteiger partial charge in [0.1, 0.15) is 0 Å². The topological polar surface area (TPSA) is 67.3 Å². The number of alkyl halides is 3. The average Bonchev–Trinajstić information content (AvgIpc) is 3.26. The number of aromatic nitrogens is 1. The maximum absolute atomic E-state index is 12.8. The molecule has 1 amide bonds. The van der Waals surface area contributed by atoms with E-state index in [9.17, 15) is 26.4 Å². The summed E-state index contributed by atoms with van der Waals surface area (Å²) in [4.78, 5) is 19.0. The van der Waals surface area contributed by atoms with Crippen LogP contribution in [0.1, 0.15) is 16.9 Å². The van der Waals surface area contributed by atoms with Crippen LogP contribution in [0, 0.1) is 0 Å². The fourth-order valence-electron chi connectivity index (χ4n) is 2.86. The number of thiophene rings is 1. The largest absolute Gasteiger partial charge is 0.417 e. The number of carbonyl (C=O) groups is 1. The molecule has 2 aromatic rings. The highest BCUT2D eigenvalue weighted by molar-refractivity contribution is 7.99. The summed E-state index contributed by atoms with van der Waals surface area (Å²) in [5, 5.41) is 2.18. The van der Waals surface area contributed by atoms with E-state index >= 15 is 0 Å². The minimum atomic E-state index is -4.46. The Morgan fingerprint density at radius 1 is 1.32 bits per heavy atom. The number of pyridine rings is 1. The third kappa shape index (κ3) is 5.48. The zero-order valence-electron chi connectivity index (χ0n) is 14.6. The maximum Gasteiger partial charge on any atom is 0.417 e. The van der Waals surface area contributed by atoms with Gasteiger partial charge >= 0.3 is 6.18 Å². The molecule has 152 valence electrons. The van der Waals surface area contributed by atoms with Crippen LogP contribution in [0.4, 0.5) is 13.2 Å². The molecule has 0 radical (unpaired) electrons. The number of halogens is 3. The highest BCUT2D eigenvalue weighted by atomic mass is 32.2. The number of thioether (sulfide) groups is 1. The van der Waals surface area contributed by atoms with Crippen LogP contribution in [0.2, 0.25) is 0 Å². The Morgan fingerprint density at radius 3 is 2.64 bits per heavy atom. The van der Waals surface area contributed by atoms with E-state index in [-0.39, 0.29) is 29.2 Å². The van der Waals surface area contributed by atoms with Gasteiger partial charge in [-0.2, -0.15) is 13.2 Å². The number of amides is 1. The predicted octanol–water partition coefficient (Wildman–Crippen LogP) is 3.47. The van der Waals surface area contributed by atoms with Crippen LogP contribution in [0.5, 0.6) is 0 Å². The number of nitrogens with zero attached hydrogens (tertiary/aromatic N) is 2. The van der Waals surface area contributed by atoms with Crippen LogP contribution in [0.3, 0.4) is 0 Å². The normalized spacial score (nSPS) is 18.9. The van der Waals surface area contributed by atoms with Gasteiger partial charge in [0.15, 0.2) is 9.84 Å². The van der Waals surface area contributed by atoms with Gasteiger partial charge in [-0.1, -0.05) is 17.8 Å². The number of rotatable bonds is 6. The number of hydrogen-bond donors (Lipinski definition) is 0. The summed E-state index contributed by atoms with van der Waals surface area (Å²) in [6.45, 7) is 0.317. The second kappa shape index (κ2) is 8.42. The molecular weight excluding hydrogens is 433 g/mol. The quantitative estimate of drug-likeness (QED) is 0.631. The van der Waals surface area contributed by atoms with Crippen molar-refractivity contribution in [1.82, 2.24) is 9.88 Å². The lowest BCUT2D eigenvalue weighted by atomic mass is 10.2. The minimum Gasteiger partial charge on any atom is -0.333 e. The number of carbonyl (C=O) groups excluding carboxylic acids is 1. The Labute approximate surface area is 168 Å². The van der Waals surface area contributed by atoms with Crippen LogP contribution >= 0.6 is 23.1 Å². The molecule has 0 bridgehead atoms. The lowest BCUT2D eigenvalue weighted by Gasteiger charge is -2.27. The van der Waals surface area contributed by atoms with Crippen LogP contribution < -0.4 is 0 Å². The van der Waals surface area contributed by atoms with Crippen LogP contribution in [0.25, 0.3) is 0 Å². The molecule has 0 N–H and O–H groups in total. The van der Waals surface area contributed by atoms with E-state index in [0.717, 1.165) is 28.9 Å². The number of sulfone groups is 1. The molecule has 0 aliphatic carbocycles. The summed E-state index contributed by atoms with van der Waals surface area (Å²) in [6.07, 6.45) is -3.33. The molecule has 1 saturated heterocycles. The van der Waals surface area contributed by atoms with Gasteiger partial charge in [-0.05, 0) is 30.0 Å². The van der Waals surface area contributed by atoms with Crippen LogP contribution in [-0.4, -0.2) is 47.5 Å². The molecule has 1 aliphatic rings. The van der Waals surface area contributed by atoms with Crippen LogP contribution in [0.15, 0.2) is 40.9 Å². The summed E-state index contributed by atoms with van der Waals surface area (Å²) in [6, 6.07) is 5.49. The highest BCUT2D eigenvalue weighted by Crippen LogP contribution is 2.30. The lowest BCUT2D eigenvalue weighted by Crippen LogP contribution is -2.41. The Morgan fingerprint density at radius 2 is 2.11 bits per heavy atom. The van der Waals surface area contributed by atoms with Crippen molar-refractivity contribution in [2.75, 3.05) is 17.3 Å². The van der Waals surface area contributed by atoms with E-state index in [4.69, 9.17) is 0 Å². The van der Waals surface area contributed by atoms with Crippen molar-refractivity contribution < 1.29 is 26.4 Å². The summed E-state index contributed by atoms with van der Waals surface area (Å²) >= 11 is 2.51. The molecule has 3 rings (SSSR count). The summed E-state index contributed by atoms with van der Waals surface area (Å²) in [5.41, 5.74) is -0.848. The molecule has 1 aliphatic heterocycles. The van der Waals surface area contributed by atoms with Gasteiger partial charge in [-0.15, -0.1) is 11.3 Å². The second-order valence-electron chi connectivity index (χ2n) is 6.33. The molecule has 11 heteroatoms. The summed E-state index contributed by atoms with van der Waals surface area (Å²) < 4.78 is 61.4. The predicted molar refractivity (Wildman–Crippen MR) is 102 cm³/mol. The van der Waals surface area contributed by atoms with Crippen LogP contribution in [-0.2, 0) is 27.4 Å². The molecule has 0 spiro atoms. The first kappa shape index (κ1) is 21.1. The lowest BCUT2D eigenvalue weighted by molar-refractivity contribution is -0.138. The van der Waals surface area contributed by atoms with E-state index in [2.05, 4.69) is 4.98 Å². The third-order valence-corrected chi connectivity index (χ3v) is 7.82.